The molecule has 194 valence electrons. The number of carbonyl (C=O) groups is 2. The van der Waals surface area contributed by atoms with Crippen molar-refractivity contribution in [3.05, 3.63) is 0 Å². The van der Waals surface area contributed by atoms with Crippen molar-refractivity contribution < 1.29 is 9.59 Å². The molecule has 4 heteroatoms. The van der Waals surface area contributed by atoms with Gasteiger partial charge < -0.3 is 10.6 Å². The van der Waals surface area contributed by atoms with Gasteiger partial charge in [0, 0.05) is 24.9 Å². The highest BCUT2D eigenvalue weighted by Gasteiger charge is 2.63. The van der Waals surface area contributed by atoms with Crippen molar-refractivity contribution in [2.75, 3.05) is 6.54 Å². The molecular formula is C31H48N2O2. The van der Waals surface area contributed by atoms with Crippen molar-refractivity contribution in [1.29, 1.82) is 0 Å². The topological polar surface area (TPSA) is 58.2 Å². The maximum absolute atomic E-state index is 13.9. The number of carbonyl (C=O) groups excluding carboxylic acids is 2. The van der Waals surface area contributed by atoms with Crippen LogP contribution in [-0.2, 0) is 9.59 Å². The summed E-state index contributed by atoms with van der Waals surface area (Å²) in [6, 6.07) is 0.368. The van der Waals surface area contributed by atoms with E-state index in [9.17, 15) is 9.59 Å². The van der Waals surface area contributed by atoms with Gasteiger partial charge >= 0.3 is 0 Å². The molecule has 0 radical (unpaired) electrons. The minimum Gasteiger partial charge on any atom is -0.355 e. The molecular weight excluding hydrogens is 432 g/mol. The van der Waals surface area contributed by atoms with E-state index in [1.165, 1.54) is 64.2 Å². The standard InChI is InChI=1S/C31H48N2O2/c1-18-10-24-22-4-5-25-29(2,9-7-26(34)33-25)23(22)6-8-30(24,3)27(18)28(35)32-17-31-14-19-11-20(15-31)13-21(12-19)16-31/h18-25,27H,4-17H2,1-3H3,(H,32,35)(H,33,34)/t18?,19?,20?,21?,22-,23-,24+,25?,27?,29-,30+,31?/m1/s1. The lowest BCUT2D eigenvalue weighted by atomic mass is 9.47. The van der Waals surface area contributed by atoms with Crippen LogP contribution in [-0.4, -0.2) is 24.4 Å². The summed E-state index contributed by atoms with van der Waals surface area (Å²) >= 11 is 0. The summed E-state index contributed by atoms with van der Waals surface area (Å²) in [5, 5.41) is 6.98. The number of nitrogens with one attached hydrogen (secondary N) is 2. The largest absolute Gasteiger partial charge is 0.355 e. The van der Waals surface area contributed by atoms with Crippen LogP contribution in [0.25, 0.3) is 0 Å². The summed E-state index contributed by atoms with van der Waals surface area (Å²) in [5.74, 6) is 6.26. The molecule has 1 heterocycles. The summed E-state index contributed by atoms with van der Waals surface area (Å²) in [6.07, 6.45) is 16.3. The molecule has 7 aliphatic carbocycles. The van der Waals surface area contributed by atoms with E-state index in [1.54, 1.807) is 0 Å². The number of hydrogen-bond donors (Lipinski definition) is 2. The average Bonchev–Trinajstić information content (AvgIpc) is 3.07. The van der Waals surface area contributed by atoms with E-state index in [0.717, 1.165) is 43.1 Å². The summed E-state index contributed by atoms with van der Waals surface area (Å²) in [7, 11) is 0. The summed E-state index contributed by atoms with van der Waals surface area (Å²) < 4.78 is 0. The van der Waals surface area contributed by atoms with Crippen LogP contribution in [0.4, 0.5) is 0 Å². The molecule has 0 spiro atoms. The van der Waals surface area contributed by atoms with Crippen molar-refractivity contribution in [3.63, 3.8) is 0 Å². The smallest absolute Gasteiger partial charge is 0.223 e. The quantitative estimate of drug-likeness (QED) is 0.544. The molecule has 8 rings (SSSR count). The number of amides is 2. The highest BCUT2D eigenvalue weighted by Crippen LogP contribution is 2.67. The maximum atomic E-state index is 13.9. The number of rotatable bonds is 3. The van der Waals surface area contributed by atoms with Crippen molar-refractivity contribution >= 4 is 11.8 Å². The zero-order valence-electron chi connectivity index (χ0n) is 22.4. The summed E-state index contributed by atoms with van der Waals surface area (Å²) in [5.41, 5.74) is 0.816. The average molecular weight is 481 g/mol. The van der Waals surface area contributed by atoms with Crippen LogP contribution in [0.2, 0.25) is 0 Å². The molecule has 4 nitrogen and oxygen atoms in total. The third-order valence-electron chi connectivity index (χ3n) is 13.5. The monoisotopic (exact) mass is 480 g/mol. The van der Waals surface area contributed by atoms with Gasteiger partial charge in [-0.15, -0.1) is 0 Å². The Labute approximate surface area is 212 Å². The third-order valence-corrected chi connectivity index (χ3v) is 13.5. The lowest BCUT2D eigenvalue weighted by Gasteiger charge is -2.60. The Balaban J connectivity index is 1.07. The van der Waals surface area contributed by atoms with Gasteiger partial charge in [-0.3, -0.25) is 9.59 Å². The Morgan fingerprint density at radius 1 is 0.914 bits per heavy atom. The van der Waals surface area contributed by atoms with Crippen LogP contribution < -0.4 is 10.6 Å². The zero-order chi connectivity index (χ0) is 24.2. The molecule has 1 aliphatic heterocycles. The number of hydrogen-bond acceptors (Lipinski definition) is 2. The minimum atomic E-state index is 0.146. The Kier molecular flexibility index (Phi) is 5.10. The molecule has 8 fully saturated rings. The zero-order valence-corrected chi connectivity index (χ0v) is 22.4. The third kappa shape index (κ3) is 3.36. The molecule has 8 atom stereocenters. The van der Waals surface area contributed by atoms with Crippen LogP contribution in [0.15, 0.2) is 0 Å². The first-order valence-electron chi connectivity index (χ1n) is 15.3. The Morgan fingerprint density at radius 3 is 2.29 bits per heavy atom. The lowest BCUT2D eigenvalue weighted by Crippen LogP contribution is -2.61. The first-order chi connectivity index (χ1) is 16.7. The second-order valence-corrected chi connectivity index (χ2v) is 15.5. The van der Waals surface area contributed by atoms with Crippen LogP contribution in [0, 0.1) is 63.6 Å². The van der Waals surface area contributed by atoms with Crippen molar-refractivity contribution in [2.45, 2.75) is 110 Å². The highest BCUT2D eigenvalue weighted by molar-refractivity contribution is 5.80. The Bertz CT molecular complexity index is 878. The van der Waals surface area contributed by atoms with Crippen molar-refractivity contribution in [3.8, 4) is 0 Å². The van der Waals surface area contributed by atoms with E-state index in [2.05, 4.69) is 31.4 Å². The fraction of sp³-hybridized carbons (Fsp3) is 0.935. The summed E-state index contributed by atoms with van der Waals surface area (Å²) in [6.45, 7) is 8.29. The molecule has 8 aliphatic rings. The van der Waals surface area contributed by atoms with Gasteiger partial charge in [0.15, 0.2) is 0 Å². The fourth-order valence-corrected chi connectivity index (χ4v) is 12.5. The molecule has 1 saturated heterocycles. The van der Waals surface area contributed by atoms with Gasteiger partial charge in [0.2, 0.25) is 11.8 Å². The molecule has 0 aromatic rings. The molecule has 35 heavy (non-hydrogen) atoms. The first-order valence-corrected chi connectivity index (χ1v) is 15.3. The van der Waals surface area contributed by atoms with Crippen molar-refractivity contribution in [2.24, 2.45) is 63.6 Å². The van der Waals surface area contributed by atoms with Gasteiger partial charge in [-0.1, -0.05) is 20.8 Å². The van der Waals surface area contributed by atoms with Gasteiger partial charge in [-0.25, -0.2) is 0 Å². The summed E-state index contributed by atoms with van der Waals surface area (Å²) in [4.78, 5) is 26.1. The molecule has 2 N–H and O–H groups in total. The van der Waals surface area contributed by atoms with Crippen LogP contribution in [0.5, 0.6) is 0 Å². The van der Waals surface area contributed by atoms with E-state index >= 15 is 0 Å². The Morgan fingerprint density at radius 2 is 1.60 bits per heavy atom. The molecule has 4 bridgehead atoms. The second-order valence-electron chi connectivity index (χ2n) is 15.5. The molecule has 0 aromatic carbocycles. The van der Waals surface area contributed by atoms with E-state index in [4.69, 9.17) is 0 Å². The fourth-order valence-electron chi connectivity index (χ4n) is 12.5. The lowest BCUT2D eigenvalue weighted by molar-refractivity contribution is -0.143. The van der Waals surface area contributed by atoms with Crippen LogP contribution in [0.3, 0.4) is 0 Å². The van der Waals surface area contributed by atoms with Gasteiger partial charge in [-0.2, -0.15) is 0 Å². The second kappa shape index (κ2) is 7.73. The van der Waals surface area contributed by atoms with E-state index in [0.29, 0.717) is 41.5 Å². The predicted octanol–water partition coefficient (Wildman–Crippen LogP) is 5.70. The van der Waals surface area contributed by atoms with E-state index in [-0.39, 0.29) is 22.7 Å². The van der Waals surface area contributed by atoms with Crippen LogP contribution in [0.1, 0.15) is 104 Å². The van der Waals surface area contributed by atoms with Gasteiger partial charge in [-0.05, 0) is 135 Å². The van der Waals surface area contributed by atoms with Gasteiger partial charge in [0.1, 0.15) is 0 Å². The molecule has 3 unspecified atom stereocenters. The number of piperidine rings is 1. The van der Waals surface area contributed by atoms with Gasteiger partial charge in [0.25, 0.3) is 0 Å². The van der Waals surface area contributed by atoms with Crippen molar-refractivity contribution in [1.82, 2.24) is 10.6 Å². The molecule has 2 amide bonds. The molecule has 7 saturated carbocycles. The highest BCUT2D eigenvalue weighted by atomic mass is 16.2. The minimum absolute atomic E-state index is 0.146. The van der Waals surface area contributed by atoms with Crippen LogP contribution >= 0.6 is 0 Å². The SMILES string of the molecule is CC1C[C@H]2[C@@H]3CCC4NC(=O)CC[C@]4(C)[C@@H]3CC[C@]2(C)C1C(=O)NCC12CC3CC(CC(C3)C1)C2. The van der Waals surface area contributed by atoms with E-state index in [1.807, 2.05) is 0 Å². The maximum Gasteiger partial charge on any atom is 0.223 e. The normalized spacial score (nSPS) is 56.1. The number of fused-ring (bicyclic) bond motifs is 5. The Hall–Kier alpha value is -1.06. The van der Waals surface area contributed by atoms with Gasteiger partial charge in [0.05, 0.1) is 0 Å². The predicted molar refractivity (Wildman–Crippen MR) is 137 cm³/mol. The first kappa shape index (κ1) is 23.1. The van der Waals surface area contributed by atoms with E-state index < -0.39 is 0 Å². The molecule has 0 aromatic heterocycles.